The summed E-state index contributed by atoms with van der Waals surface area (Å²) < 4.78 is 0. The number of amides is 1. The number of carbonyl (C=O) groups is 1. The molecule has 0 radical (unpaired) electrons. The molecule has 1 amide bonds. The number of nitrogens with zero attached hydrogens (tertiary/aromatic N) is 1. The Morgan fingerprint density at radius 3 is 2.94 bits per heavy atom. The van der Waals surface area contributed by atoms with Crippen LogP contribution in [0, 0.1) is 6.92 Å². The summed E-state index contributed by atoms with van der Waals surface area (Å²) in [6.45, 7) is 1.92. The van der Waals surface area contributed by atoms with Crippen LogP contribution in [0.15, 0.2) is 18.3 Å². The van der Waals surface area contributed by atoms with Crippen LogP contribution in [0.5, 0.6) is 0 Å². The molecule has 16 heavy (non-hydrogen) atoms. The topological polar surface area (TPSA) is 68.0 Å². The van der Waals surface area contributed by atoms with Crippen LogP contribution in [0.25, 0.3) is 0 Å². The standard InChI is InChI=1S/C12H17N3O/c1-9-4-2-7-14-11(9)15-10(16)8-12(13)5-3-6-12/h2,4,7H,3,5-6,8,13H2,1H3,(H,14,15,16). The lowest BCUT2D eigenvalue weighted by molar-refractivity contribution is -0.118. The fourth-order valence-corrected chi connectivity index (χ4v) is 1.92. The molecular formula is C12H17N3O. The zero-order chi connectivity index (χ0) is 11.6. The summed E-state index contributed by atoms with van der Waals surface area (Å²) in [7, 11) is 0. The van der Waals surface area contributed by atoms with Crippen LogP contribution in [0.1, 0.15) is 31.2 Å². The van der Waals surface area contributed by atoms with E-state index in [-0.39, 0.29) is 11.4 Å². The van der Waals surface area contributed by atoms with Gasteiger partial charge in [0.15, 0.2) is 0 Å². The lowest BCUT2D eigenvalue weighted by atomic mass is 9.75. The third-order valence-electron chi connectivity index (χ3n) is 3.13. The third kappa shape index (κ3) is 2.39. The zero-order valence-corrected chi connectivity index (χ0v) is 9.49. The number of rotatable bonds is 3. The van der Waals surface area contributed by atoms with Gasteiger partial charge in [0.2, 0.25) is 5.91 Å². The van der Waals surface area contributed by atoms with E-state index in [2.05, 4.69) is 10.3 Å². The molecule has 3 N–H and O–H groups in total. The van der Waals surface area contributed by atoms with Crippen LogP contribution in [-0.2, 0) is 4.79 Å². The van der Waals surface area contributed by atoms with E-state index in [1.165, 1.54) is 0 Å². The molecule has 1 aliphatic carbocycles. The molecular weight excluding hydrogens is 202 g/mol. The molecule has 1 aliphatic rings. The number of aryl methyl sites for hydroxylation is 1. The van der Waals surface area contributed by atoms with E-state index in [1.54, 1.807) is 6.20 Å². The highest BCUT2D eigenvalue weighted by atomic mass is 16.1. The van der Waals surface area contributed by atoms with Crippen molar-refractivity contribution in [2.24, 2.45) is 5.73 Å². The van der Waals surface area contributed by atoms with Crippen molar-refractivity contribution in [2.75, 3.05) is 5.32 Å². The number of anilines is 1. The molecule has 1 aromatic rings. The van der Waals surface area contributed by atoms with E-state index in [0.29, 0.717) is 12.2 Å². The summed E-state index contributed by atoms with van der Waals surface area (Å²) >= 11 is 0. The average Bonchev–Trinajstić information content (AvgIpc) is 2.19. The van der Waals surface area contributed by atoms with E-state index < -0.39 is 0 Å². The van der Waals surface area contributed by atoms with Crippen molar-refractivity contribution in [1.82, 2.24) is 4.98 Å². The second kappa shape index (κ2) is 4.22. The SMILES string of the molecule is Cc1cccnc1NC(=O)CC1(N)CCC1. The Morgan fingerprint density at radius 1 is 1.62 bits per heavy atom. The first-order valence-corrected chi connectivity index (χ1v) is 5.59. The van der Waals surface area contributed by atoms with Gasteiger partial charge in [0.05, 0.1) is 0 Å². The lowest BCUT2D eigenvalue weighted by Gasteiger charge is -2.37. The largest absolute Gasteiger partial charge is 0.325 e. The van der Waals surface area contributed by atoms with E-state index in [9.17, 15) is 4.79 Å². The molecule has 0 atom stereocenters. The number of nitrogens with two attached hydrogens (primary N) is 1. The number of nitrogens with one attached hydrogen (secondary N) is 1. The molecule has 0 spiro atoms. The minimum absolute atomic E-state index is 0.0380. The Morgan fingerprint density at radius 2 is 2.38 bits per heavy atom. The smallest absolute Gasteiger partial charge is 0.227 e. The number of hydrogen-bond donors (Lipinski definition) is 2. The number of pyridine rings is 1. The van der Waals surface area contributed by atoms with E-state index >= 15 is 0 Å². The highest BCUT2D eigenvalue weighted by Gasteiger charge is 2.34. The maximum atomic E-state index is 11.7. The molecule has 1 saturated carbocycles. The van der Waals surface area contributed by atoms with Gasteiger partial charge >= 0.3 is 0 Å². The number of aromatic nitrogens is 1. The fourth-order valence-electron chi connectivity index (χ4n) is 1.92. The van der Waals surface area contributed by atoms with Gasteiger partial charge in [-0.15, -0.1) is 0 Å². The summed E-state index contributed by atoms with van der Waals surface area (Å²) in [4.78, 5) is 15.9. The first kappa shape index (κ1) is 11.1. The van der Waals surface area contributed by atoms with Gasteiger partial charge in [-0.1, -0.05) is 6.07 Å². The van der Waals surface area contributed by atoms with Gasteiger partial charge in [0, 0.05) is 18.2 Å². The first-order chi connectivity index (χ1) is 7.59. The van der Waals surface area contributed by atoms with Crippen LogP contribution in [-0.4, -0.2) is 16.4 Å². The van der Waals surface area contributed by atoms with Crippen molar-refractivity contribution in [2.45, 2.75) is 38.1 Å². The highest BCUT2D eigenvalue weighted by molar-refractivity contribution is 5.91. The van der Waals surface area contributed by atoms with Crippen LogP contribution in [0.3, 0.4) is 0 Å². The Bertz CT molecular complexity index is 399. The van der Waals surface area contributed by atoms with Crippen molar-refractivity contribution in [3.63, 3.8) is 0 Å². The van der Waals surface area contributed by atoms with Gasteiger partial charge in [-0.05, 0) is 37.8 Å². The summed E-state index contributed by atoms with van der Waals surface area (Å²) in [5.74, 6) is 0.597. The predicted octanol–water partition coefficient (Wildman–Crippen LogP) is 1.60. The maximum absolute atomic E-state index is 11.7. The van der Waals surface area contributed by atoms with Crippen LogP contribution in [0.4, 0.5) is 5.82 Å². The van der Waals surface area contributed by atoms with Gasteiger partial charge < -0.3 is 11.1 Å². The molecule has 86 valence electrons. The number of carbonyl (C=O) groups excluding carboxylic acids is 1. The zero-order valence-electron chi connectivity index (χ0n) is 9.49. The van der Waals surface area contributed by atoms with Crippen LogP contribution < -0.4 is 11.1 Å². The molecule has 2 rings (SSSR count). The van der Waals surface area contributed by atoms with Gasteiger partial charge in [-0.25, -0.2) is 4.98 Å². The third-order valence-corrected chi connectivity index (χ3v) is 3.13. The van der Waals surface area contributed by atoms with E-state index in [0.717, 1.165) is 24.8 Å². The van der Waals surface area contributed by atoms with Crippen molar-refractivity contribution in [1.29, 1.82) is 0 Å². The number of hydrogen-bond acceptors (Lipinski definition) is 3. The van der Waals surface area contributed by atoms with Crippen molar-refractivity contribution in [3.05, 3.63) is 23.9 Å². The van der Waals surface area contributed by atoms with Crippen LogP contribution in [0.2, 0.25) is 0 Å². The molecule has 0 aliphatic heterocycles. The predicted molar refractivity (Wildman–Crippen MR) is 63.0 cm³/mol. The van der Waals surface area contributed by atoms with Gasteiger partial charge in [-0.2, -0.15) is 0 Å². The molecule has 1 aromatic heterocycles. The van der Waals surface area contributed by atoms with E-state index in [1.807, 2.05) is 19.1 Å². The monoisotopic (exact) mass is 219 g/mol. The minimum atomic E-state index is -0.271. The molecule has 1 fully saturated rings. The summed E-state index contributed by atoms with van der Waals surface area (Å²) in [6.07, 6.45) is 5.09. The molecule has 4 heteroatoms. The lowest BCUT2D eigenvalue weighted by Crippen LogP contribution is -2.49. The molecule has 4 nitrogen and oxygen atoms in total. The molecule has 1 heterocycles. The second-order valence-corrected chi connectivity index (χ2v) is 4.61. The Kier molecular flexibility index (Phi) is 2.92. The molecule has 0 unspecified atom stereocenters. The second-order valence-electron chi connectivity index (χ2n) is 4.61. The van der Waals surface area contributed by atoms with Crippen molar-refractivity contribution in [3.8, 4) is 0 Å². The van der Waals surface area contributed by atoms with Gasteiger partial charge in [0.25, 0.3) is 0 Å². The van der Waals surface area contributed by atoms with Gasteiger partial charge in [0.1, 0.15) is 5.82 Å². The van der Waals surface area contributed by atoms with Crippen LogP contribution >= 0.6 is 0 Å². The molecule has 0 saturated heterocycles. The Labute approximate surface area is 95.3 Å². The average molecular weight is 219 g/mol. The Hall–Kier alpha value is -1.42. The Balaban J connectivity index is 1.95. The first-order valence-electron chi connectivity index (χ1n) is 5.59. The quantitative estimate of drug-likeness (QED) is 0.811. The summed E-state index contributed by atoms with van der Waals surface area (Å²) in [5, 5.41) is 2.80. The van der Waals surface area contributed by atoms with E-state index in [4.69, 9.17) is 5.73 Å². The highest BCUT2D eigenvalue weighted by Crippen LogP contribution is 2.32. The fraction of sp³-hybridized carbons (Fsp3) is 0.500. The summed E-state index contributed by atoms with van der Waals surface area (Å²) in [6, 6.07) is 3.77. The van der Waals surface area contributed by atoms with Crippen molar-refractivity contribution < 1.29 is 4.79 Å². The molecule has 0 bridgehead atoms. The molecule has 0 aromatic carbocycles. The minimum Gasteiger partial charge on any atom is -0.325 e. The van der Waals surface area contributed by atoms with Gasteiger partial charge in [-0.3, -0.25) is 4.79 Å². The normalized spacial score (nSPS) is 17.6. The summed E-state index contributed by atoms with van der Waals surface area (Å²) in [5.41, 5.74) is 6.71. The maximum Gasteiger partial charge on any atom is 0.227 e. The van der Waals surface area contributed by atoms with Crippen molar-refractivity contribution >= 4 is 11.7 Å².